The van der Waals surface area contributed by atoms with Crippen LogP contribution in [0.3, 0.4) is 0 Å². The maximum absolute atomic E-state index is 6.60. The molecule has 438 valence electrons. The van der Waals surface area contributed by atoms with Gasteiger partial charge in [-0.3, -0.25) is 0 Å². The molecule has 0 radical (unpaired) electrons. The van der Waals surface area contributed by atoms with E-state index in [1.54, 1.807) is 0 Å². The highest BCUT2D eigenvalue weighted by Crippen LogP contribution is 2.60. The second kappa shape index (κ2) is 19.8. The lowest BCUT2D eigenvalue weighted by atomic mass is 9.84. The first-order valence-corrected chi connectivity index (χ1v) is 33.5. The molecule has 0 aliphatic carbocycles. The molecule has 2 aliphatic heterocycles. The Morgan fingerprint density at radius 1 is 0.191 bits per heavy atom. The van der Waals surface area contributed by atoms with E-state index in [1.165, 1.54) is 40.3 Å². The highest BCUT2D eigenvalue weighted by Gasteiger charge is 2.35. The normalized spacial score (nSPS) is 13.0. The van der Waals surface area contributed by atoms with E-state index < -0.39 is 0 Å². The zero-order chi connectivity index (χ0) is 61.3. The van der Waals surface area contributed by atoms with Crippen molar-refractivity contribution in [2.75, 3.05) is 19.6 Å². The third-order valence-electron chi connectivity index (χ3n) is 19.6. The van der Waals surface area contributed by atoms with Crippen LogP contribution in [0.2, 0.25) is 0 Å². The Morgan fingerprint density at radius 3 is 0.979 bits per heavy atom. The summed E-state index contributed by atoms with van der Waals surface area (Å²) in [5, 5.41) is 13.9. The fraction of sp³-hybridized carbons (Fsp3) is 0. The van der Waals surface area contributed by atoms with E-state index in [2.05, 4.69) is 323 Å². The van der Waals surface area contributed by atoms with E-state index in [4.69, 9.17) is 8.83 Å². The van der Waals surface area contributed by atoms with Crippen LogP contribution >= 0.6 is 22.7 Å². The minimum atomic E-state index is 0.857. The summed E-state index contributed by atoms with van der Waals surface area (Å²) in [5.41, 5.74) is 21.1. The number of hydrogen-bond donors (Lipinski definition) is 0. The van der Waals surface area contributed by atoms with Gasteiger partial charge >= 0.3 is 0 Å². The first-order chi connectivity index (χ1) is 46.6. The minimum Gasteiger partial charge on any atom is -0.456 e. The highest BCUT2D eigenvalue weighted by atomic mass is 32.1. The van der Waals surface area contributed by atoms with Crippen molar-refractivity contribution in [3.8, 4) is 22.3 Å². The van der Waals surface area contributed by atoms with Crippen LogP contribution in [0.5, 0.6) is 0 Å². The Balaban J connectivity index is 0.874. The maximum Gasteiger partial charge on any atom is 0.135 e. The summed E-state index contributed by atoms with van der Waals surface area (Å²) in [4.78, 5) is 9.93. The summed E-state index contributed by atoms with van der Waals surface area (Å²) in [7, 11) is 0. The minimum absolute atomic E-state index is 0.857. The number of hydrogen-bond acceptors (Lipinski definition) is 8. The highest BCUT2D eigenvalue weighted by molar-refractivity contribution is 7.26. The van der Waals surface area contributed by atoms with Crippen LogP contribution in [0.15, 0.2) is 312 Å². The van der Waals surface area contributed by atoms with Crippen LogP contribution in [0, 0.1) is 0 Å². The number of rotatable bonds is 6. The number of thiophene rings is 2. The number of para-hydroxylation sites is 8. The van der Waals surface area contributed by atoms with Crippen LogP contribution in [-0.2, 0) is 0 Å². The molecule has 21 rings (SSSR count). The van der Waals surface area contributed by atoms with Gasteiger partial charge in [-0.05, 0) is 189 Å². The molecule has 0 unspecified atom stereocenters. The lowest BCUT2D eigenvalue weighted by Gasteiger charge is -2.40. The summed E-state index contributed by atoms with van der Waals surface area (Å²) >= 11 is 3.71. The SMILES string of the molecule is c1ccc(N2c3ccccc3N(c3ccc4c(-c5ccc6oc7ccccc7c6c5)c5cc(N6c7ccccc7N(c7ccccc7)c7cc8c(cc76)sc6ccccc68)ccc5c(-c5ccc6oc7ccccc7c6c5)c4c3)c3cc4sc5ccccc5c4cc32)cc1. The largest absolute Gasteiger partial charge is 0.456 e. The second-order valence-electron chi connectivity index (χ2n) is 24.7. The number of anilines is 12. The van der Waals surface area contributed by atoms with Gasteiger partial charge in [0.1, 0.15) is 22.3 Å². The summed E-state index contributed by atoms with van der Waals surface area (Å²) in [6.45, 7) is 0. The van der Waals surface area contributed by atoms with Gasteiger partial charge in [-0.2, -0.15) is 0 Å². The average Bonchev–Trinajstić information content (AvgIpc) is 0.813. The summed E-state index contributed by atoms with van der Waals surface area (Å²) in [6, 6.07) is 112. The Hall–Kier alpha value is -11.9. The van der Waals surface area contributed by atoms with E-state index in [0.29, 0.717) is 0 Å². The number of furan rings is 2. The van der Waals surface area contributed by atoms with Gasteiger partial charge in [-0.25, -0.2) is 0 Å². The average molecular weight is 1240 g/mol. The van der Waals surface area contributed by atoms with Gasteiger partial charge in [0, 0.05) is 84.6 Å². The van der Waals surface area contributed by atoms with Crippen LogP contribution in [-0.4, -0.2) is 0 Å². The molecule has 94 heavy (non-hydrogen) atoms. The predicted molar refractivity (Wildman–Crippen MR) is 399 cm³/mol. The van der Waals surface area contributed by atoms with Gasteiger partial charge in [0.25, 0.3) is 0 Å². The number of nitrogens with zero attached hydrogens (tertiary/aromatic N) is 4. The predicted octanol–water partition coefficient (Wildman–Crippen LogP) is 26.4. The van der Waals surface area contributed by atoms with E-state index in [9.17, 15) is 0 Å². The van der Waals surface area contributed by atoms with Crippen LogP contribution in [0.4, 0.5) is 68.2 Å². The first-order valence-electron chi connectivity index (χ1n) is 31.9. The lowest BCUT2D eigenvalue weighted by Crippen LogP contribution is -2.24. The van der Waals surface area contributed by atoms with E-state index >= 15 is 0 Å². The topological polar surface area (TPSA) is 39.2 Å². The molecule has 6 heterocycles. The molecular formula is C86H50N4O2S2. The van der Waals surface area contributed by atoms with E-state index in [0.717, 1.165) is 156 Å². The molecule has 8 heteroatoms. The first kappa shape index (κ1) is 51.8. The van der Waals surface area contributed by atoms with E-state index in [1.807, 2.05) is 22.7 Å². The van der Waals surface area contributed by atoms with Crippen molar-refractivity contribution in [3.63, 3.8) is 0 Å². The van der Waals surface area contributed by atoms with Crippen LogP contribution < -0.4 is 19.6 Å². The Labute approximate surface area is 547 Å². The van der Waals surface area contributed by atoms with Crippen molar-refractivity contribution in [1.29, 1.82) is 0 Å². The molecule has 0 N–H and O–H groups in total. The molecule has 2 aliphatic rings. The summed E-state index contributed by atoms with van der Waals surface area (Å²) in [5.74, 6) is 0. The van der Waals surface area contributed by atoms with Gasteiger partial charge in [-0.1, -0.05) is 158 Å². The fourth-order valence-electron chi connectivity index (χ4n) is 15.6. The molecule has 0 spiro atoms. The molecule has 4 aromatic heterocycles. The Kier molecular flexibility index (Phi) is 10.9. The van der Waals surface area contributed by atoms with Gasteiger partial charge in [0.2, 0.25) is 0 Å². The zero-order valence-electron chi connectivity index (χ0n) is 50.3. The maximum atomic E-state index is 6.60. The van der Waals surface area contributed by atoms with Crippen molar-refractivity contribution in [3.05, 3.63) is 303 Å². The molecule has 6 nitrogen and oxygen atoms in total. The molecule has 0 saturated heterocycles. The zero-order valence-corrected chi connectivity index (χ0v) is 51.9. The molecule has 19 aromatic rings. The molecule has 15 aromatic carbocycles. The Bertz CT molecular complexity index is 6030. The third kappa shape index (κ3) is 7.51. The Morgan fingerprint density at radius 2 is 0.543 bits per heavy atom. The monoisotopic (exact) mass is 1230 g/mol. The molecular weight excluding hydrogens is 1190 g/mol. The van der Waals surface area contributed by atoms with Crippen molar-refractivity contribution in [1.82, 2.24) is 0 Å². The molecule has 0 atom stereocenters. The van der Waals surface area contributed by atoms with E-state index in [-0.39, 0.29) is 0 Å². The number of benzene rings is 15. The standard InChI is InChI=1S/C86H50N4O2S2/c1-3-19-53(20-4-1)87-69-27-11-13-29-71(69)89(75-49-83-65(47-73(75)87)59-25-9-17-33-81(59)93-83)55-37-39-61-67(45-55)85(51-35-41-79-63(43-51)57-23-7-15-31-77(57)91-79)62-40-38-56(46-68(62)86(61)52-36-42-80-64(44-52)58-24-8-16-32-78(58)92-80)90-72-30-14-12-28-70(72)88(54-21-5-2-6-22-54)74-48-66-60-26-10-18-34-82(60)94-84(66)50-76(74)90/h1-50H. The van der Waals surface area contributed by atoms with Gasteiger partial charge in [0.05, 0.1) is 45.5 Å². The van der Waals surface area contributed by atoms with Crippen molar-refractivity contribution in [2.45, 2.75) is 0 Å². The molecule has 0 fully saturated rings. The van der Waals surface area contributed by atoms with Crippen molar-refractivity contribution >= 4 is 197 Å². The van der Waals surface area contributed by atoms with Gasteiger partial charge < -0.3 is 28.4 Å². The van der Waals surface area contributed by atoms with Crippen molar-refractivity contribution in [2.24, 2.45) is 0 Å². The summed E-state index contributed by atoms with van der Waals surface area (Å²) < 4.78 is 18.2. The molecule has 0 bridgehead atoms. The van der Waals surface area contributed by atoms with Crippen LogP contribution in [0.25, 0.3) is 128 Å². The molecule has 0 amide bonds. The molecule has 0 saturated carbocycles. The second-order valence-corrected chi connectivity index (χ2v) is 26.9. The van der Waals surface area contributed by atoms with Gasteiger partial charge in [0.15, 0.2) is 0 Å². The third-order valence-corrected chi connectivity index (χ3v) is 21.9. The van der Waals surface area contributed by atoms with Gasteiger partial charge in [-0.15, -0.1) is 22.7 Å². The van der Waals surface area contributed by atoms with Crippen molar-refractivity contribution < 1.29 is 8.83 Å². The quantitative estimate of drug-likeness (QED) is 0.155. The summed E-state index contributed by atoms with van der Waals surface area (Å²) in [6.07, 6.45) is 0. The number of fused-ring (bicyclic) bond motifs is 18. The smallest absolute Gasteiger partial charge is 0.135 e. The van der Waals surface area contributed by atoms with Crippen LogP contribution in [0.1, 0.15) is 0 Å². The fourth-order valence-corrected chi connectivity index (χ4v) is 17.8. The lowest BCUT2D eigenvalue weighted by molar-refractivity contribution is 0.668.